The summed E-state index contributed by atoms with van der Waals surface area (Å²) in [6.45, 7) is 7.70. The van der Waals surface area contributed by atoms with Gasteiger partial charge in [0.05, 0.1) is 30.6 Å². The van der Waals surface area contributed by atoms with Gasteiger partial charge >= 0.3 is 5.97 Å². The Balaban J connectivity index is 1.36. The monoisotopic (exact) mass is 787 g/mol. The summed E-state index contributed by atoms with van der Waals surface area (Å²) in [5.41, 5.74) is -0.0889. The fourth-order valence-corrected chi connectivity index (χ4v) is 9.17. The number of fused-ring (bicyclic) bond motifs is 2. The number of aliphatic hydroxyl groups excluding tert-OH is 1. The third kappa shape index (κ3) is 7.42. The van der Waals surface area contributed by atoms with Crippen LogP contribution in [0.3, 0.4) is 0 Å². The molecule has 53 heavy (non-hydrogen) atoms. The van der Waals surface area contributed by atoms with Gasteiger partial charge in [0.2, 0.25) is 11.8 Å². The number of amides is 3. The molecule has 3 aromatic rings. The SMILES string of the molecule is C=CCCC(=O)N[C@H](COC)[C@H](OC(=O)[C@H]1[C@@H]2O[C@@]3(CC2Br)[C@@H]1C(=O)N(CCCO)[C@@H]3C(=O)N(CC=C)c1ccc2ccccc2c1)c1ccccc1. The topological polar surface area (TPSA) is 135 Å². The predicted molar refractivity (Wildman–Crippen MR) is 204 cm³/mol. The Kier molecular flexibility index (Phi) is 12.1. The van der Waals surface area contributed by atoms with E-state index < -0.39 is 53.6 Å². The number of aliphatic hydroxyl groups is 1. The molecular weight excluding hydrogens is 742 g/mol. The highest BCUT2D eigenvalue weighted by molar-refractivity contribution is 9.09. The number of hydrogen-bond donors (Lipinski definition) is 2. The lowest BCUT2D eigenvalue weighted by Crippen LogP contribution is -2.57. The van der Waals surface area contributed by atoms with Gasteiger partial charge in [0.25, 0.3) is 5.91 Å². The van der Waals surface area contributed by atoms with Gasteiger partial charge in [-0.2, -0.15) is 0 Å². The number of alkyl halides is 1. The summed E-state index contributed by atoms with van der Waals surface area (Å²) in [6, 6.07) is 20.8. The van der Waals surface area contributed by atoms with Crippen LogP contribution in [0.4, 0.5) is 5.69 Å². The van der Waals surface area contributed by atoms with Gasteiger partial charge in [0, 0.05) is 43.7 Å². The number of esters is 1. The number of nitrogens with one attached hydrogen (secondary N) is 1. The Morgan fingerprint density at radius 2 is 1.83 bits per heavy atom. The van der Waals surface area contributed by atoms with Gasteiger partial charge in [-0.3, -0.25) is 19.2 Å². The molecule has 2 N–H and O–H groups in total. The van der Waals surface area contributed by atoms with E-state index in [1.165, 1.54) is 12.0 Å². The van der Waals surface area contributed by atoms with E-state index in [4.69, 9.17) is 14.2 Å². The molecule has 1 unspecified atom stereocenters. The molecule has 3 amide bonds. The van der Waals surface area contributed by atoms with Crippen molar-refractivity contribution in [1.82, 2.24) is 10.2 Å². The molecule has 0 aromatic heterocycles. The molecule has 2 bridgehead atoms. The molecule has 6 rings (SSSR count). The molecule has 3 aliphatic rings. The van der Waals surface area contributed by atoms with Crippen LogP contribution in [0.1, 0.15) is 37.4 Å². The Morgan fingerprint density at radius 3 is 2.53 bits per heavy atom. The molecule has 12 heteroatoms. The summed E-state index contributed by atoms with van der Waals surface area (Å²) in [6.07, 6.45) is 2.76. The van der Waals surface area contributed by atoms with Gasteiger partial charge in [0.15, 0.2) is 0 Å². The van der Waals surface area contributed by atoms with E-state index in [1.54, 1.807) is 29.2 Å². The van der Waals surface area contributed by atoms with E-state index in [0.717, 1.165) is 10.8 Å². The second-order valence-corrected chi connectivity index (χ2v) is 14.9. The van der Waals surface area contributed by atoms with Gasteiger partial charge in [-0.15, -0.1) is 13.2 Å². The molecule has 3 aromatic carbocycles. The summed E-state index contributed by atoms with van der Waals surface area (Å²) in [5, 5.41) is 14.8. The van der Waals surface area contributed by atoms with Crippen LogP contribution in [-0.2, 0) is 33.4 Å². The van der Waals surface area contributed by atoms with E-state index in [-0.39, 0.29) is 55.8 Å². The van der Waals surface area contributed by atoms with Crippen LogP contribution in [-0.4, -0.2) is 95.7 Å². The first-order valence-corrected chi connectivity index (χ1v) is 18.9. The minimum atomic E-state index is -1.35. The maximum Gasteiger partial charge on any atom is 0.313 e. The van der Waals surface area contributed by atoms with Crippen LogP contribution in [0.15, 0.2) is 98.1 Å². The largest absolute Gasteiger partial charge is 0.455 e. The third-order valence-corrected chi connectivity index (χ3v) is 11.3. The van der Waals surface area contributed by atoms with Crippen molar-refractivity contribution in [3.8, 4) is 0 Å². The Morgan fingerprint density at radius 1 is 1.09 bits per heavy atom. The number of nitrogens with zero attached hydrogens (tertiary/aromatic N) is 2. The van der Waals surface area contributed by atoms with Crippen LogP contribution in [0.25, 0.3) is 10.8 Å². The highest BCUT2D eigenvalue weighted by Gasteiger charge is 2.77. The smallest absolute Gasteiger partial charge is 0.313 e. The Labute approximate surface area is 318 Å². The van der Waals surface area contributed by atoms with Crippen molar-refractivity contribution in [3.05, 3.63) is 104 Å². The van der Waals surface area contributed by atoms with E-state index in [9.17, 15) is 24.3 Å². The van der Waals surface area contributed by atoms with Crippen molar-refractivity contribution >= 4 is 56.1 Å². The lowest BCUT2D eigenvalue weighted by molar-refractivity contribution is -0.163. The van der Waals surface area contributed by atoms with E-state index in [2.05, 4.69) is 34.4 Å². The number of carbonyl (C=O) groups excluding carboxylic acids is 4. The summed E-state index contributed by atoms with van der Waals surface area (Å²) < 4.78 is 18.5. The predicted octanol–water partition coefficient (Wildman–Crippen LogP) is 4.87. The molecule has 3 fully saturated rings. The fourth-order valence-electron chi connectivity index (χ4n) is 8.23. The second kappa shape index (κ2) is 16.8. The van der Waals surface area contributed by atoms with Crippen LogP contribution in [0.5, 0.6) is 0 Å². The number of hydrogen-bond acceptors (Lipinski definition) is 8. The number of anilines is 1. The average molecular weight is 789 g/mol. The summed E-state index contributed by atoms with van der Waals surface area (Å²) in [4.78, 5) is 59.8. The van der Waals surface area contributed by atoms with Crippen molar-refractivity contribution in [2.75, 3.05) is 38.3 Å². The first-order chi connectivity index (χ1) is 25.7. The molecule has 280 valence electrons. The molecule has 3 heterocycles. The van der Waals surface area contributed by atoms with E-state index in [1.807, 2.05) is 60.7 Å². The van der Waals surface area contributed by atoms with Crippen molar-refractivity contribution < 1.29 is 38.5 Å². The maximum absolute atomic E-state index is 15.0. The second-order valence-electron chi connectivity index (χ2n) is 13.8. The number of halogens is 1. The van der Waals surface area contributed by atoms with Crippen LogP contribution in [0.2, 0.25) is 0 Å². The number of benzene rings is 3. The average Bonchev–Trinajstić information content (AvgIpc) is 3.76. The third-order valence-electron chi connectivity index (χ3n) is 10.5. The molecule has 0 radical (unpaired) electrons. The number of methoxy groups -OCH3 is 1. The zero-order valence-corrected chi connectivity index (χ0v) is 31.4. The maximum atomic E-state index is 15.0. The minimum absolute atomic E-state index is 0.0457. The highest BCUT2D eigenvalue weighted by Crippen LogP contribution is 2.60. The van der Waals surface area contributed by atoms with Crippen molar-refractivity contribution in [2.24, 2.45) is 11.8 Å². The first kappa shape index (κ1) is 38.4. The molecule has 11 nitrogen and oxygen atoms in total. The summed E-state index contributed by atoms with van der Waals surface area (Å²) >= 11 is 3.74. The van der Waals surface area contributed by atoms with Crippen LogP contribution >= 0.6 is 15.9 Å². The molecule has 3 saturated heterocycles. The van der Waals surface area contributed by atoms with Crippen molar-refractivity contribution in [3.63, 3.8) is 0 Å². The van der Waals surface area contributed by atoms with Gasteiger partial charge in [0.1, 0.15) is 17.7 Å². The van der Waals surface area contributed by atoms with Gasteiger partial charge < -0.3 is 34.4 Å². The van der Waals surface area contributed by atoms with Gasteiger partial charge in [-0.25, -0.2) is 0 Å². The Hall–Kier alpha value is -4.36. The van der Waals surface area contributed by atoms with Crippen molar-refractivity contribution in [1.29, 1.82) is 0 Å². The quantitative estimate of drug-likeness (QED) is 0.113. The van der Waals surface area contributed by atoms with Crippen LogP contribution in [0, 0.1) is 11.8 Å². The molecule has 1 spiro atoms. The normalized spacial score (nSPS) is 25.5. The minimum Gasteiger partial charge on any atom is -0.455 e. The Bertz CT molecular complexity index is 1840. The van der Waals surface area contributed by atoms with E-state index >= 15 is 0 Å². The number of carbonyl (C=O) groups is 4. The molecule has 0 aliphatic carbocycles. The zero-order chi connectivity index (χ0) is 37.7. The molecule has 0 saturated carbocycles. The zero-order valence-electron chi connectivity index (χ0n) is 29.8. The number of ether oxygens (including phenoxy) is 3. The first-order valence-electron chi connectivity index (χ1n) is 18.0. The van der Waals surface area contributed by atoms with Gasteiger partial charge in [-0.05, 0) is 47.7 Å². The molecule has 8 atom stereocenters. The fraction of sp³-hybridized carbons (Fsp3) is 0.415. The summed E-state index contributed by atoms with van der Waals surface area (Å²) in [7, 11) is 1.50. The summed E-state index contributed by atoms with van der Waals surface area (Å²) in [5.74, 6) is -3.79. The molecule has 3 aliphatic heterocycles. The van der Waals surface area contributed by atoms with Crippen LogP contribution < -0.4 is 10.2 Å². The van der Waals surface area contributed by atoms with Gasteiger partial charge in [-0.1, -0.05) is 88.7 Å². The lowest BCUT2D eigenvalue weighted by Gasteiger charge is -2.37. The highest BCUT2D eigenvalue weighted by atomic mass is 79.9. The standard InChI is InChI=1S/C41H46BrN3O8/c1-4-6-17-32(47)43-31(25-51-3)35(27-14-8-7-9-15-27)52-40(50)33-34-38(48)45(21-12-22-46)37(41(34)24-30(42)36(33)53-41)39(49)44(20-5-2)29-19-18-26-13-10-11-16-28(26)23-29/h4-5,7-11,13-16,18-19,23,30-31,33-37,46H,1-2,6,12,17,20-22,24-25H2,3H3,(H,43,47)/t30?,31-,33-,34+,35-,36-,37-,41+/m1/s1. The number of allylic oxidation sites excluding steroid dienone is 1. The number of rotatable bonds is 17. The lowest BCUT2D eigenvalue weighted by atomic mass is 9.70. The van der Waals surface area contributed by atoms with Crippen molar-refractivity contribution in [2.45, 2.75) is 60.4 Å². The number of likely N-dealkylation sites (tertiary alicyclic amines) is 1. The molecular formula is C41H46BrN3O8. The van der Waals surface area contributed by atoms with E-state index in [0.29, 0.717) is 24.1 Å².